The number of methoxy groups -OCH3 is 2. The third-order valence-electron chi connectivity index (χ3n) is 4.70. The Morgan fingerprint density at radius 2 is 2.18 bits per heavy atom. The van der Waals surface area contributed by atoms with Crippen molar-refractivity contribution in [2.75, 3.05) is 27.3 Å². The third kappa shape index (κ3) is 5.22. The van der Waals surface area contributed by atoms with Crippen LogP contribution in [0.5, 0.6) is 5.75 Å². The summed E-state index contributed by atoms with van der Waals surface area (Å²) in [5, 5.41) is 11.4. The van der Waals surface area contributed by atoms with Gasteiger partial charge >= 0.3 is 0 Å². The molecular weight excluding hydrogens is 356 g/mol. The molecule has 0 saturated heterocycles. The van der Waals surface area contributed by atoms with E-state index >= 15 is 0 Å². The van der Waals surface area contributed by atoms with Crippen LogP contribution in [0.4, 0.5) is 0 Å². The number of para-hydroxylation sites is 1. The first-order valence-corrected chi connectivity index (χ1v) is 9.81. The molecule has 8 heteroatoms. The molecule has 28 heavy (non-hydrogen) atoms. The average molecular weight is 387 g/mol. The Bertz CT molecular complexity index is 789. The molecular formula is C20H30N6O2. The second-order valence-corrected chi connectivity index (χ2v) is 6.76. The Morgan fingerprint density at radius 3 is 2.96 bits per heavy atom. The van der Waals surface area contributed by atoms with Gasteiger partial charge in [-0.1, -0.05) is 18.2 Å². The second kappa shape index (κ2) is 10.1. The number of nitrogens with one attached hydrogen (secondary N) is 2. The molecule has 0 bridgehead atoms. The van der Waals surface area contributed by atoms with Crippen molar-refractivity contribution in [1.82, 2.24) is 25.4 Å². The number of aryl methyl sites for hydroxylation is 1. The summed E-state index contributed by atoms with van der Waals surface area (Å²) < 4.78 is 12.5. The van der Waals surface area contributed by atoms with Crippen LogP contribution in [0.2, 0.25) is 0 Å². The Balaban J connectivity index is 1.58. The van der Waals surface area contributed by atoms with Gasteiger partial charge in [-0.2, -0.15) is 5.10 Å². The molecule has 1 aliphatic rings. The van der Waals surface area contributed by atoms with Crippen LogP contribution in [-0.2, 0) is 30.7 Å². The number of rotatable bonds is 8. The molecule has 8 nitrogen and oxygen atoms in total. The SMILES string of the molecule is CCNC(=NCCc1ccccc1OC)NC1CCc2nc(COC)nn2C1. The minimum absolute atomic E-state index is 0.272. The van der Waals surface area contributed by atoms with Crippen LogP contribution in [0.25, 0.3) is 0 Å². The number of hydrogen-bond acceptors (Lipinski definition) is 5. The number of aromatic nitrogens is 3. The number of guanidine groups is 1. The van der Waals surface area contributed by atoms with Crippen molar-refractivity contribution in [3.63, 3.8) is 0 Å². The highest BCUT2D eigenvalue weighted by Gasteiger charge is 2.22. The summed E-state index contributed by atoms with van der Waals surface area (Å²) in [5.74, 6) is 3.52. The van der Waals surface area contributed by atoms with Gasteiger partial charge in [-0.05, 0) is 31.4 Å². The minimum Gasteiger partial charge on any atom is -0.496 e. The first-order chi connectivity index (χ1) is 13.7. The van der Waals surface area contributed by atoms with Gasteiger partial charge in [-0.25, -0.2) is 9.67 Å². The van der Waals surface area contributed by atoms with Crippen molar-refractivity contribution in [2.45, 2.75) is 45.4 Å². The smallest absolute Gasteiger partial charge is 0.191 e. The Hall–Kier alpha value is -2.61. The summed E-state index contributed by atoms with van der Waals surface area (Å²) in [5.41, 5.74) is 1.17. The number of nitrogens with zero attached hydrogens (tertiary/aromatic N) is 4. The van der Waals surface area contributed by atoms with Gasteiger partial charge in [0.25, 0.3) is 0 Å². The largest absolute Gasteiger partial charge is 0.496 e. The van der Waals surface area contributed by atoms with Crippen molar-refractivity contribution in [1.29, 1.82) is 0 Å². The lowest BCUT2D eigenvalue weighted by molar-refractivity contribution is 0.177. The molecule has 0 saturated carbocycles. The van der Waals surface area contributed by atoms with Crippen molar-refractivity contribution in [3.05, 3.63) is 41.5 Å². The van der Waals surface area contributed by atoms with Gasteiger partial charge in [-0.15, -0.1) is 0 Å². The van der Waals surface area contributed by atoms with Crippen LogP contribution in [-0.4, -0.2) is 54.1 Å². The van der Waals surface area contributed by atoms with Gasteiger partial charge in [-0.3, -0.25) is 4.99 Å². The molecule has 0 amide bonds. The van der Waals surface area contributed by atoms with E-state index in [0.29, 0.717) is 13.2 Å². The van der Waals surface area contributed by atoms with E-state index in [-0.39, 0.29) is 6.04 Å². The number of benzene rings is 1. The summed E-state index contributed by atoms with van der Waals surface area (Å²) in [6.45, 7) is 4.81. The molecule has 0 radical (unpaired) electrons. The molecule has 2 heterocycles. The molecule has 1 unspecified atom stereocenters. The molecule has 1 aliphatic heterocycles. The fourth-order valence-electron chi connectivity index (χ4n) is 3.38. The monoisotopic (exact) mass is 386 g/mol. The van der Waals surface area contributed by atoms with E-state index < -0.39 is 0 Å². The molecule has 3 rings (SSSR count). The first-order valence-electron chi connectivity index (χ1n) is 9.81. The second-order valence-electron chi connectivity index (χ2n) is 6.76. The maximum atomic E-state index is 5.42. The van der Waals surface area contributed by atoms with E-state index in [0.717, 1.165) is 55.7 Å². The van der Waals surface area contributed by atoms with E-state index in [4.69, 9.17) is 14.5 Å². The molecule has 1 aromatic heterocycles. The molecule has 152 valence electrons. The van der Waals surface area contributed by atoms with Gasteiger partial charge in [0.2, 0.25) is 0 Å². The lowest BCUT2D eigenvalue weighted by Crippen LogP contribution is -2.47. The predicted octanol–water partition coefficient (Wildman–Crippen LogP) is 1.55. The predicted molar refractivity (Wildman–Crippen MR) is 109 cm³/mol. The quantitative estimate of drug-likeness (QED) is 0.529. The fourth-order valence-corrected chi connectivity index (χ4v) is 3.38. The highest BCUT2D eigenvalue weighted by molar-refractivity contribution is 5.80. The maximum absolute atomic E-state index is 5.42. The number of fused-ring (bicyclic) bond motifs is 1. The summed E-state index contributed by atoms with van der Waals surface area (Å²) in [6.07, 6.45) is 2.73. The number of hydrogen-bond donors (Lipinski definition) is 2. The number of aliphatic imine (C=N–C) groups is 1. The van der Waals surface area contributed by atoms with Crippen LogP contribution >= 0.6 is 0 Å². The van der Waals surface area contributed by atoms with E-state index in [2.05, 4.69) is 33.7 Å². The average Bonchev–Trinajstić information content (AvgIpc) is 3.10. The van der Waals surface area contributed by atoms with Gasteiger partial charge < -0.3 is 20.1 Å². The molecule has 1 atom stereocenters. The van der Waals surface area contributed by atoms with E-state index in [9.17, 15) is 0 Å². The van der Waals surface area contributed by atoms with Gasteiger partial charge in [0.05, 0.1) is 13.7 Å². The van der Waals surface area contributed by atoms with Crippen LogP contribution in [0, 0.1) is 0 Å². The van der Waals surface area contributed by atoms with Gasteiger partial charge in [0.15, 0.2) is 11.8 Å². The molecule has 1 aromatic carbocycles. The van der Waals surface area contributed by atoms with Crippen LogP contribution in [0.3, 0.4) is 0 Å². The molecule has 0 aliphatic carbocycles. The lowest BCUT2D eigenvalue weighted by atomic mass is 10.1. The topological polar surface area (TPSA) is 85.6 Å². The summed E-state index contributed by atoms with van der Waals surface area (Å²) in [6, 6.07) is 8.35. The van der Waals surface area contributed by atoms with Crippen LogP contribution in [0.15, 0.2) is 29.3 Å². The third-order valence-corrected chi connectivity index (χ3v) is 4.70. The molecule has 2 N–H and O–H groups in total. The molecule has 0 spiro atoms. The Labute approximate surface area is 166 Å². The van der Waals surface area contributed by atoms with E-state index in [1.54, 1.807) is 14.2 Å². The maximum Gasteiger partial charge on any atom is 0.191 e. The zero-order valence-corrected chi connectivity index (χ0v) is 16.9. The zero-order chi connectivity index (χ0) is 19.8. The molecule has 2 aromatic rings. The highest BCUT2D eigenvalue weighted by Crippen LogP contribution is 2.17. The molecule has 0 fully saturated rings. The van der Waals surface area contributed by atoms with E-state index in [1.807, 2.05) is 22.9 Å². The van der Waals surface area contributed by atoms with Crippen molar-refractivity contribution < 1.29 is 9.47 Å². The summed E-state index contributed by atoms with van der Waals surface area (Å²) >= 11 is 0. The highest BCUT2D eigenvalue weighted by atomic mass is 16.5. The Kier molecular flexibility index (Phi) is 7.25. The lowest BCUT2D eigenvalue weighted by Gasteiger charge is -2.25. The normalized spacial score (nSPS) is 16.5. The van der Waals surface area contributed by atoms with Crippen molar-refractivity contribution in [3.8, 4) is 5.75 Å². The van der Waals surface area contributed by atoms with Gasteiger partial charge in [0.1, 0.15) is 18.2 Å². The minimum atomic E-state index is 0.272. The van der Waals surface area contributed by atoms with Crippen LogP contribution < -0.4 is 15.4 Å². The van der Waals surface area contributed by atoms with Gasteiger partial charge in [0, 0.05) is 32.7 Å². The van der Waals surface area contributed by atoms with Crippen LogP contribution in [0.1, 0.15) is 30.6 Å². The standard InChI is InChI=1S/C20H30N6O2/c1-4-21-20(22-12-11-15-7-5-6-8-17(15)28-3)23-16-9-10-19-24-18(14-27-2)25-26(19)13-16/h5-8,16H,4,9-14H2,1-3H3,(H2,21,22,23). The zero-order valence-electron chi connectivity index (χ0n) is 16.9. The first kappa shape index (κ1) is 20.1. The summed E-state index contributed by atoms with van der Waals surface area (Å²) in [4.78, 5) is 9.27. The van der Waals surface area contributed by atoms with Crippen molar-refractivity contribution >= 4 is 5.96 Å². The fraction of sp³-hybridized carbons (Fsp3) is 0.550. The Morgan fingerprint density at radius 1 is 1.32 bits per heavy atom. The summed E-state index contributed by atoms with van der Waals surface area (Å²) in [7, 11) is 3.36. The van der Waals surface area contributed by atoms with E-state index in [1.165, 1.54) is 5.56 Å². The number of ether oxygens (including phenoxy) is 2. The van der Waals surface area contributed by atoms with Crippen molar-refractivity contribution in [2.24, 2.45) is 4.99 Å².